The molecule has 4 N–H and O–H groups in total. The van der Waals surface area contributed by atoms with E-state index in [9.17, 15) is 9.50 Å². The third-order valence-corrected chi connectivity index (χ3v) is 3.65. The van der Waals surface area contributed by atoms with Crippen LogP contribution in [0.15, 0.2) is 24.3 Å². The summed E-state index contributed by atoms with van der Waals surface area (Å²) in [5, 5.41) is 18.6. The molecule has 126 valence electrons. The largest absolute Gasteiger partial charge is 0.491 e. The number of rotatable bonds is 10. The normalized spacial score (nSPS) is 16.8. The fraction of sp³-hybridized carbons (Fsp3) is 0.647. The fourth-order valence-electron chi connectivity index (χ4n) is 2.17. The smallest absolute Gasteiger partial charge is 0.119 e. The molecular formula is C17H28FNO3. The number of ether oxygens (including phenoxy) is 1. The Morgan fingerprint density at radius 1 is 1.09 bits per heavy atom. The summed E-state index contributed by atoms with van der Waals surface area (Å²) in [5.41, 5.74) is 6.98. The van der Waals surface area contributed by atoms with Gasteiger partial charge in [0, 0.05) is 6.04 Å². The molecule has 0 bridgehead atoms. The molecule has 4 nitrogen and oxygen atoms in total. The summed E-state index contributed by atoms with van der Waals surface area (Å²) in [6.07, 6.45) is 0.490. The van der Waals surface area contributed by atoms with Gasteiger partial charge >= 0.3 is 0 Å². The first-order chi connectivity index (χ1) is 10.4. The van der Waals surface area contributed by atoms with E-state index in [1.807, 2.05) is 31.2 Å². The third-order valence-electron chi connectivity index (χ3n) is 3.65. The molecule has 0 radical (unpaired) electrons. The summed E-state index contributed by atoms with van der Waals surface area (Å²) in [4.78, 5) is 0. The van der Waals surface area contributed by atoms with Gasteiger partial charge in [-0.15, -0.1) is 0 Å². The highest BCUT2D eigenvalue weighted by Crippen LogP contribution is 2.18. The Hall–Kier alpha value is -1.17. The lowest BCUT2D eigenvalue weighted by molar-refractivity contribution is -0.0186. The number of aliphatic hydroxyl groups excluding tert-OH is 2. The van der Waals surface area contributed by atoms with Gasteiger partial charge in [0.15, 0.2) is 0 Å². The SMILES string of the molecule is CC(CC[C@H](C)N)Cc1ccc(OC[C@H](O)[C@@H](O)CF)cc1. The number of hydrogen-bond acceptors (Lipinski definition) is 4. The number of nitrogens with two attached hydrogens (primary N) is 1. The maximum Gasteiger partial charge on any atom is 0.119 e. The van der Waals surface area contributed by atoms with Crippen molar-refractivity contribution in [3.63, 3.8) is 0 Å². The van der Waals surface area contributed by atoms with Crippen molar-refractivity contribution in [2.45, 2.75) is 51.4 Å². The average Bonchev–Trinajstić information content (AvgIpc) is 2.51. The van der Waals surface area contributed by atoms with Crippen molar-refractivity contribution in [3.05, 3.63) is 29.8 Å². The van der Waals surface area contributed by atoms with Gasteiger partial charge in [0.25, 0.3) is 0 Å². The van der Waals surface area contributed by atoms with E-state index in [1.54, 1.807) is 0 Å². The minimum absolute atomic E-state index is 0.130. The van der Waals surface area contributed by atoms with E-state index in [-0.39, 0.29) is 12.6 Å². The lowest BCUT2D eigenvalue weighted by Gasteiger charge is -2.16. The number of halogens is 1. The van der Waals surface area contributed by atoms with Gasteiger partial charge in [0.1, 0.15) is 31.2 Å². The van der Waals surface area contributed by atoms with Crippen LogP contribution in [0.5, 0.6) is 5.75 Å². The number of aliphatic hydroxyl groups is 2. The standard InChI is InChI=1S/C17H28FNO3/c1-12(3-4-13(2)19)9-14-5-7-15(8-6-14)22-11-17(21)16(20)10-18/h5-8,12-13,16-17,20-21H,3-4,9-11,19H2,1-2H3/t12?,13-,16-,17-/m0/s1. The van der Waals surface area contributed by atoms with E-state index in [0.29, 0.717) is 11.7 Å². The quantitative estimate of drug-likeness (QED) is 0.618. The zero-order chi connectivity index (χ0) is 16.5. The molecule has 0 spiro atoms. The average molecular weight is 313 g/mol. The molecule has 0 aliphatic heterocycles. The Bertz CT molecular complexity index is 411. The van der Waals surface area contributed by atoms with E-state index in [4.69, 9.17) is 15.6 Å². The van der Waals surface area contributed by atoms with Gasteiger partial charge in [-0.3, -0.25) is 0 Å². The second kappa shape index (κ2) is 9.77. The summed E-state index contributed by atoms with van der Waals surface area (Å²) >= 11 is 0. The summed E-state index contributed by atoms with van der Waals surface area (Å²) in [6.45, 7) is 3.12. The zero-order valence-electron chi connectivity index (χ0n) is 13.4. The Morgan fingerprint density at radius 3 is 2.27 bits per heavy atom. The zero-order valence-corrected chi connectivity index (χ0v) is 13.4. The van der Waals surface area contributed by atoms with E-state index < -0.39 is 18.9 Å². The van der Waals surface area contributed by atoms with Crippen molar-refractivity contribution >= 4 is 0 Å². The highest BCUT2D eigenvalue weighted by atomic mass is 19.1. The first-order valence-electron chi connectivity index (χ1n) is 7.81. The lowest BCUT2D eigenvalue weighted by Crippen LogP contribution is -2.33. The monoisotopic (exact) mass is 313 g/mol. The summed E-state index contributed by atoms with van der Waals surface area (Å²) < 4.78 is 17.5. The van der Waals surface area contributed by atoms with Crippen molar-refractivity contribution in [2.24, 2.45) is 11.7 Å². The van der Waals surface area contributed by atoms with E-state index in [1.165, 1.54) is 5.56 Å². The number of benzene rings is 1. The van der Waals surface area contributed by atoms with Crippen LogP contribution in [-0.4, -0.2) is 41.7 Å². The van der Waals surface area contributed by atoms with Crippen molar-refractivity contribution in [2.75, 3.05) is 13.3 Å². The topological polar surface area (TPSA) is 75.7 Å². The van der Waals surface area contributed by atoms with Gasteiger partial charge in [-0.25, -0.2) is 4.39 Å². The molecular weight excluding hydrogens is 285 g/mol. The van der Waals surface area contributed by atoms with Gasteiger partial charge in [-0.05, 0) is 49.8 Å². The predicted octanol–water partition coefficient (Wildman–Crippen LogP) is 2.06. The van der Waals surface area contributed by atoms with E-state index in [2.05, 4.69) is 6.92 Å². The summed E-state index contributed by atoms with van der Waals surface area (Å²) in [6, 6.07) is 7.85. The molecule has 22 heavy (non-hydrogen) atoms. The molecule has 1 aromatic rings. The molecule has 1 aromatic carbocycles. The lowest BCUT2D eigenvalue weighted by atomic mass is 9.95. The van der Waals surface area contributed by atoms with Crippen LogP contribution >= 0.6 is 0 Å². The van der Waals surface area contributed by atoms with Gasteiger partial charge in [-0.1, -0.05) is 19.1 Å². The molecule has 0 fully saturated rings. The Morgan fingerprint density at radius 2 is 1.73 bits per heavy atom. The molecule has 0 aliphatic carbocycles. The second-order valence-electron chi connectivity index (χ2n) is 6.11. The van der Waals surface area contributed by atoms with Crippen LogP contribution in [0.4, 0.5) is 4.39 Å². The third kappa shape index (κ3) is 7.20. The van der Waals surface area contributed by atoms with Crippen LogP contribution < -0.4 is 10.5 Å². The molecule has 0 saturated carbocycles. The number of hydrogen-bond donors (Lipinski definition) is 3. The van der Waals surface area contributed by atoms with Crippen LogP contribution in [0.3, 0.4) is 0 Å². The minimum Gasteiger partial charge on any atom is -0.491 e. The predicted molar refractivity (Wildman–Crippen MR) is 85.7 cm³/mol. The maximum absolute atomic E-state index is 12.2. The fourth-order valence-corrected chi connectivity index (χ4v) is 2.17. The molecule has 0 heterocycles. The Labute approximate surface area is 132 Å². The summed E-state index contributed by atoms with van der Waals surface area (Å²) in [5.74, 6) is 1.16. The van der Waals surface area contributed by atoms with Crippen LogP contribution in [0, 0.1) is 5.92 Å². The van der Waals surface area contributed by atoms with Crippen LogP contribution in [0.25, 0.3) is 0 Å². The molecule has 5 heteroatoms. The molecule has 1 unspecified atom stereocenters. The molecule has 0 amide bonds. The highest BCUT2D eigenvalue weighted by Gasteiger charge is 2.16. The van der Waals surface area contributed by atoms with Crippen LogP contribution in [0.1, 0.15) is 32.3 Å². The molecule has 4 atom stereocenters. The van der Waals surface area contributed by atoms with Gasteiger partial charge in [-0.2, -0.15) is 0 Å². The number of alkyl halides is 1. The van der Waals surface area contributed by atoms with Crippen molar-refractivity contribution in [1.29, 1.82) is 0 Å². The first-order valence-corrected chi connectivity index (χ1v) is 7.81. The van der Waals surface area contributed by atoms with Gasteiger partial charge in [0.05, 0.1) is 0 Å². The Balaban J connectivity index is 2.39. The highest BCUT2D eigenvalue weighted by molar-refractivity contribution is 5.27. The van der Waals surface area contributed by atoms with Crippen molar-refractivity contribution < 1.29 is 19.3 Å². The Kier molecular flexibility index (Phi) is 8.38. The molecule has 0 aliphatic rings. The van der Waals surface area contributed by atoms with Crippen molar-refractivity contribution in [1.82, 2.24) is 0 Å². The van der Waals surface area contributed by atoms with Gasteiger partial charge < -0.3 is 20.7 Å². The van der Waals surface area contributed by atoms with Crippen molar-refractivity contribution in [3.8, 4) is 5.75 Å². The first kappa shape index (κ1) is 18.9. The van der Waals surface area contributed by atoms with E-state index in [0.717, 1.165) is 19.3 Å². The van der Waals surface area contributed by atoms with Crippen LogP contribution in [-0.2, 0) is 6.42 Å². The van der Waals surface area contributed by atoms with Crippen LogP contribution in [0.2, 0.25) is 0 Å². The molecule has 0 saturated heterocycles. The minimum atomic E-state index is -1.40. The van der Waals surface area contributed by atoms with Gasteiger partial charge in [0.2, 0.25) is 0 Å². The molecule has 0 aromatic heterocycles. The summed E-state index contributed by atoms with van der Waals surface area (Å²) in [7, 11) is 0. The second-order valence-corrected chi connectivity index (χ2v) is 6.11. The maximum atomic E-state index is 12.2. The van der Waals surface area contributed by atoms with E-state index >= 15 is 0 Å². The molecule has 1 rings (SSSR count).